The lowest BCUT2D eigenvalue weighted by Gasteiger charge is -2.17. The summed E-state index contributed by atoms with van der Waals surface area (Å²) in [5.41, 5.74) is 6.98. The summed E-state index contributed by atoms with van der Waals surface area (Å²) < 4.78 is 5.00. The Bertz CT molecular complexity index is 384. The number of carbonyl (C=O) groups is 1. The molecule has 1 amide bonds. The Morgan fingerprint density at radius 2 is 2.05 bits per heavy atom. The van der Waals surface area contributed by atoms with Gasteiger partial charge in [0, 0.05) is 26.7 Å². The van der Waals surface area contributed by atoms with E-state index in [1.165, 1.54) is 0 Å². The Morgan fingerprint density at radius 3 is 2.70 bits per heavy atom. The molecule has 0 spiro atoms. The van der Waals surface area contributed by atoms with Gasteiger partial charge in [-0.1, -0.05) is 30.3 Å². The van der Waals surface area contributed by atoms with E-state index in [9.17, 15) is 4.79 Å². The van der Waals surface area contributed by atoms with Crippen molar-refractivity contribution >= 4 is 5.91 Å². The second kappa shape index (κ2) is 9.47. The Balaban J connectivity index is 2.22. The molecule has 0 saturated carbocycles. The molecule has 112 valence electrons. The zero-order chi connectivity index (χ0) is 14.8. The molecule has 0 bridgehead atoms. The van der Waals surface area contributed by atoms with Crippen molar-refractivity contribution in [2.45, 2.75) is 12.5 Å². The Hall–Kier alpha value is -1.43. The monoisotopic (exact) mass is 279 g/mol. The molecule has 0 fully saturated rings. The van der Waals surface area contributed by atoms with Crippen molar-refractivity contribution in [1.82, 2.24) is 10.2 Å². The van der Waals surface area contributed by atoms with Gasteiger partial charge >= 0.3 is 0 Å². The fourth-order valence-corrected chi connectivity index (χ4v) is 1.82. The van der Waals surface area contributed by atoms with Crippen molar-refractivity contribution in [3.63, 3.8) is 0 Å². The summed E-state index contributed by atoms with van der Waals surface area (Å²) in [6, 6.07) is 9.30. The van der Waals surface area contributed by atoms with E-state index in [4.69, 9.17) is 10.5 Å². The highest BCUT2D eigenvalue weighted by molar-refractivity contribution is 5.81. The predicted molar refractivity (Wildman–Crippen MR) is 80.5 cm³/mol. The molecule has 1 rings (SSSR count). The number of rotatable bonds is 9. The van der Waals surface area contributed by atoms with Gasteiger partial charge in [0.2, 0.25) is 5.91 Å². The van der Waals surface area contributed by atoms with Gasteiger partial charge < -0.3 is 20.7 Å². The van der Waals surface area contributed by atoms with E-state index >= 15 is 0 Å². The minimum absolute atomic E-state index is 0.103. The fraction of sp³-hybridized carbons (Fsp3) is 0.533. The van der Waals surface area contributed by atoms with Crippen LogP contribution in [0.25, 0.3) is 0 Å². The summed E-state index contributed by atoms with van der Waals surface area (Å²) >= 11 is 0. The van der Waals surface area contributed by atoms with Crippen LogP contribution in [0.5, 0.6) is 0 Å². The molecule has 0 aliphatic rings. The van der Waals surface area contributed by atoms with Crippen molar-refractivity contribution in [2.75, 3.05) is 40.4 Å². The number of hydrogen-bond acceptors (Lipinski definition) is 4. The summed E-state index contributed by atoms with van der Waals surface area (Å²) in [7, 11) is 3.67. The highest BCUT2D eigenvalue weighted by Crippen LogP contribution is 2.01. The zero-order valence-electron chi connectivity index (χ0n) is 12.3. The number of amides is 1. The van der Waals surface area contributed by atoms with Crippen molar-refractivity contribution in [3.05, 3.63) is 35.9 Å². The van der Waals surface area contributed by atoms with Gasteiger partial charge in [0.25, 0.3) is 0 Å². The molecule has 0 heterocycles. The Morgan fingerprint density at radius 1 is 1.35 bits per heavy atom. The maximum Gasteiger partial charge on any atom is 0.237 e. The van der Waals surface area contributed by atoms with Crippen LogP contribution in [-0.4, -0.2) is 57.2 Å². The molecule has 1 aromatic carbocycles. The number of likely N-dealkylation sites (N-methyl/N-ethyl adjacent to an activating group) is 1. The topological polar surface area (TPSA) is 67.6 Å². The third-order valence-corrected chi connectivity index (χ3v) is 3.11. The van der Waals surface area contributed by atoms with Crippen LogP contribution in [0.1, 0.15) is 5.56 Å². The number of nitrogens with zero attached hydrogens (tertiary/aromatic N) is 1. The molecule has 0 unspecified atom stereocenters. The van der Waals surface area contributed by atoms with E-state index in [-0.39, 0.29) is 5.91 Å². The summed E-state index contributed by atoms with van der Waals surface area (Å²) in [5.74, 6) is -0.103. The minimum Gasteiger partial charge on any atom is -0.383 e. The molecule has 0 aliphatic carbocycles. The summed E-state index contributed by atoms with van der Waals surface area (Å²) in [6.07, 6.45) is 0.562. The van der Waals surface area contributed by atoms with Crippen molar-refractivity contribution in [2.24, 2.45) is 5.73 Å². The molecule has 1 atom stereocenters. The lowest BCUT2D eigenvalue weighted by atomic mass is 10.1. The number of benzene rings is 1. The first kappa shape index (κ1) is 16.6. The minimum atomic E-state index is -0.498. The first-order valence-corrected chi connectivity index (χ1v) is 6.88. The third-order valence-electron chi connectivity index (χ3n) is 3.11. The average molecular weight is 279 g/mol. The van der Waals surface area contributed by atoms with E-state index in [0.717, 1.165) is 18.7 Å². The molecule has 5 heteroatoms. The van der Waals surface area contributed by atoms with Gasteiger partial charge in [0.05, 0.1) is 12.6 Å². The van der Waals surface area contributed by atoms with Crippen LogP contribution in [0.15, 0.2) is 30.3 Å². The molecule has 0 aromatic heterocycles. The summed E-state index contributed by atoms with van der Waals surface area (Å²) in [5, 5.41) is 2.86. The van der Waals surface area contributed by atoms with Crippen LogP contribution in [0.4, 0.5) is 0 Å². The standard InChI is InChI=1S/C15H25N3O2/c1-18(10-11-20-2)9-8-17-15(19)14(16)12-13-6-4-3-5-7-13/h3-7,14H,8-12,16H2,1-2H3,(H,17,19)/t14-/m0/s1. The SMILES string of the molecule is COCCN(C)CCNC(=O)[C@@H](N)Cc1ccccc1. The molecule has 3 N–H and O–H groups in total. The Labute approximate surface area is 121 Å². The van der Waals surface area contributed by atoms with Crippen LogP contribution >= 0.6 is 0 Å². The van der Waals surface area contributed by atoms with Crippen LogP contribution in [-0.2, 0) is 16.0 Å². The largest absolute Gasteiger partial charge is 0.383 e. The maximum atomic E-state index is 11.9. The van der Waals surface area contributed by atoms with Gasteiger partial charge in [-0.2, -0.15) is 0 Å². The lowest BCUT2D eigenvalue weighted by molar-refractivity contribution is -0.122. The number of methoxy groups -OCH3 is 1. The number of ether oxygens (including phenoxy) is 1. The first-order valence-electron chi connectivity index (χ1n) is 6.88. The molecule has 5 nitrogen and oxygen atoms in total. The van der Waals surface area contributed by atoms with Crippen molar-refractivity contribution < 1.29 is 9.53 Å². The van der Waals surface area contributed by atoms with Gasteiger partial charge in [0.1, 0.15) is 0 Å². The molecule has 20 heavy (non-hydrogen) atoms. The second-order valence-electron chi connectivity index (χ2n) is 4.88. The number of hydrogen-bond donors (Lipinski definition) is 2. The lowest BCUT2D eigenvalue weighted by Crippen LogP contribution is -2.44. The zero-order valence-corrected chi connectivity index (χ0v) is 12.3. The van der Waals surface area contributed by atoms with Gasteiger partial charge in [0.15, 0.2) is 0 Å². The van der Waals surface area contributed by atoms with Crippen molar-refractivity contribution in [3.8, 4) is 0 Å². The average Bonchev–Trinajstić information content (AvgIpc) is 2.46. The van der Waals surface area contributed by atoms with Crippen LogP contribution in [0.2, 0.25) is 0 Å². The summed E-state index contributed by atoms with van der Waals surface area (Å²) in [6.45, 7) is 2.93. The fourth-order valence-electron chi connectivity index (χ4n) is 1.82. The van der Waals surface area contributed by atoms with Gasteiger partial charge in [-0.15, -0.1) is 0 Å². The van der Waals surface area contributed by atoms with E-state index in [0.29, 0.717) is 19.6 Å². The quantitative estimate of drug-likeness (QED) is 0.680. The number of nitrogens with one attached hydrogen (secondary N) is 1. The Kier molecular flexibility index (Phi) is 7.87. The molecule has 0 radical (unpaired) electrons. The van der Waals surface area contributed by atoms with Crippen LogP contribution in [0.3, 0.4) is 0 Å². The van der Waals surface area contributed by atoms with Gasteiger partial charge in [-0.05, 0) is 19.0 Å². The van der Waals surface area contributed by atoms with Gasteiger partial charge in [-0.25, -0.2) is 0 Å². The van der Waals surface area contributed by atoms with Crippen molar-refractivity contribution in [1.29, 1.82) is 0 Å². The molecular weight excluding hydrogens is 254 g/mol. The highest BCUT2D eigenvalue weighted by Gasteiger charge is 2.13. The maximum absolute atomic E-state index is 11.9. The summed E-state index contributed by atoms with van der Waals surface area (Å²) in [4.78, 5) is 14.0. The van der Waals surface area contributed by atoms with E-state index in [2.05, 4.69) is 10.2 Å². The molecular formula is C15H25N3O2. The highest BCUT2D eigenvalue weighted by atomic mass is 16.5. The molecule has 1 aromatic rings. The second-order valence-corrected chi connectivity index (χ2v) is 4.88. The smallest absolute Gasteiger partial charge is 0.237 e. The van der Waals surface area contributed by atoms with E-state index in [1.807, 2.05) is 37.4 Å². The van der Waals surface area contributed by atoms with Crippen LogP contribution < -0.4 is 11.1 Å². The number of carbonyl (C=O) groups excluding carboxylic acids is 1. The predicted octanol–water partition coefficient (Wildman–Crippen LogP) is 0.251. The van der Waals surface area contributed by atoms with Gasteiger partial charge in [-0.3, -0.25) is 4.79 Å². The van der Waals surface area contributed by atoms with E-state index < -0.39 is 6.04 Å². The van der Waals surface area contributed by atoms with Crippen LogP contribution in [0, 0.1) is 0 Å². The van der Waals surface area contributed by atoms with E-state index in [1.54, 1.807) is 7.11 Å². The normalized spacial score (nSPS) is 12.4. The molecule has 0 saturated heterocycles. The first-order chi connectivity index (χ1) is 9.63. The third kappa shape index (κ3) is 6.65. The molecule has 0 aliphatic heterocycles. The number of nitrogens with two attached hydrogens (primary N) is 1.